The Balaban J connectivity index is 0.000000154. The van der Waals surface area contributed by atoms with Crippen molar-refractivity contribution in [2.75, 3.05) is 11.9 Å². The first-order valence-corrected chi connectivity index (χ1v) is 6.97. The van der Waals surface area contributed by atoms with Crippen LogP contribution in [-0.4, -0.2) is 17.1 Å². The second-order valence-electron chi connectivity index (χ2n) is 4.43. The first-order valence-electron chi connectivity index (χ1n) is 6.56. The van der Waals surface area contributed by atoms with E-state index in [2.05, 4.69) is 17.1 Å². The van der Waals surface area contributed by atoms with E-state index in [0.717, 1.165) is 11.2 Å². The molecule has 0 aliphatic heterocycles. The Morgan fingerprint density at radius 1 is 0.952 bits per heavy atom. The Morgan fingerprint density at radius 3 is 2.24 bits per heavy atom. The van der Waals surface area contributed by atoms with Crippen molar-refractivity contribution in [2.45, 2.75) is 0 Å². The summed E-state index contributed by atoms with van der Waals surface area (Å²) in [5.74, 6) is 0. The number of thiocarbonyl (C=S) groups is 1. The number of anilines is 1. The molecule has 3 aromatic rings. The summed E-state index contributed by atoms with van der Waals surface area (Å²) in [6.45, 7) is 0. The van der Waals surface area contributed by atoms with E-state index in [1.807, 2.05) is 67.8 Å². The van der Waals surface area contributed by atoms with Gasteiger partial charge in [0, 0.05) is 24.3 Å². The molecule has 106 valence electrons. The number of hydrogen-bond acceptors (Lipinski definition) is 2. The highest BCUT2D eigenvalue weighted by atomic mass is 32.1. The van der Waals surface area contributed by atoms with Crippen LogP contribution in [0.4, 0.5) is 5.69 Å². The van der Waals surface area contributed by atoms with Crippen molar-refractivity contribution in [3.63, 3.8) is 0 Å². The maximum atomic E-state index is 5.43. The van der Waals surface area contributed by atoms with E-state index in [1.54, 1.807) is 4.90 Å². The Bertz CT molecular complexity index is 648. The molecular formula is C17H17N3S. The average Bonchev–Trinajstić information content (AvgIpc) is 2.55. The number of hydrogen-bond donors (Lipinski definition) is 1. The van der Waals surface area contributed by atoms with Crippen LogP contribution in [0, 0.1) is 0 Å². The van der Waals surface area contributed by atoms with Crippen LogP contribution in [0.5, 0.6) is 0 Å². The minimum absolute atomic E-state index is 0.385. The van der Waals surface area contributed by atoms with Crippen LogP contribution in [0.2, 0.25) is 0 Å². The quantitative estimate of drug-likeness (QED) is 0.697. The van der Waals surface area contributed by atoms with Gasteiger partial charge in [0.05, 0.1) is 5.52 Å². The highest BCUT2D eigenvalue weighted by Gasteiger charge is 1.99. The topological polar surface area (TPSA) is 42.1 Å². The van der Waals surface area contributed by atoms with Crippen molar-refractivity contribution in [3.05, 3.63) is 72.9 Å². The normalized spacial score (nSPS) is 9.57. The molecule has 21 heavy (non-hydrogen) atoms. The van der Waals surface area contributed by atoms with Crippen molar-refractivity contribution in [2.24, 2.45) is 5.73 Å². The lowest BCUT2D eigenvalue weighted by atomic mass is 10.2. The zero-order chi connectivity index (χ0) is 15.1. The third kappa shape index (κ3) is 4.26. The van der Waals surface area contributed by atoms with Crippen molar-refractivity contribution >= 4 is 33.9 Å². The molecule has 0 atom stereocenters. The molecule has 0 aliphatic rings. The van der Waals surface area contributed by atoms with E-state index >= 15 is 0 Å². The number of aromatic nitrogens is 1. The number of nitrogens with zero attached hydrogens (tertiary/aromatic N) is 2. The van der Waals surface area contributed by atoms with E-state index in [0.29, 0.717) is 5.11 Å². The van der Waals surface area contributed by atoms with Crippen molar-refractivity contribution in [3.8, 4) is 0 Å². The fourth-order valence-electron chi connectivity index (χ4n) is 1.79. The van der Waals surface area contributed by atoms with Gasteiger partial charge in [-0.15, -0.1) is 0 Å². The van der Waals surface area contributed by atoms with Gasteiger partial charge in [0.1, 0.15) is 0 Å². The highest BCUT2D eigenvalue weighted by molar-refractivity contribution is 7.80. The van der Waals surface area contributed by atoms with Gasteiger partial charge in [-0.2, -0.15) is 0 Å². The number of benzene rings is 2. The summed E-state index contributed by atoms with van der Waals surface area (Å²) in [5.41, 5.74) is 7.50. The molecule has 0 radical (unpaired) electrons. The molecule has 3 nitrogen and oxygen atoms in total. The van der Waals surface area contributed by atoms with Crippen molar-refractivity contribution in [1.82, 2.24) is 4.98 Å². The largest absolute Gasteiger partial charge is 0.376 e. The third-order valence-electron chi connectivity index (χ3n) is 2.99. The first-order chi connectivity index (χ1) is 10.2. The molecule has 4 heteroatoms. The highest BCUT2D eigenvalue weighted by Crippen LogP contribution is 2.10. The Hall–Kier alpha value is -2.46. The van der Waals surface area contributed by atoms with Gasteiger partial charge in [0.25, 0.3) is 0 Å². The molecule has 2 aromatic carbocycles. The maximum absolute atomic E-state index is 5.43. The van der Waals surface area contributed by atoms with Crippen LogP contribution in [-0.2, 0) is 0 Å². The van der Waals surface area contributed by atoms with Gasteiger partial charge in [0.2, 0.25) is 0 Å². The lowest BCUT2D eigenvalue weighted by Gasteiger charge is -2.15. The molecule has 0 unspecified atom stereocenters. The Morgan fingerprint density at radius 2 is 1.57 bits per heavy atom. The molecule has 2 N–H and O–H groups in total. The molecule has 0 spiro atoms. The van der Waals surface area contributed by atoms with E-state index in [-0.39, 0.29) is 0 Å². The number of rotatable bonds is 1. The summed E-state index contributed by atoms with van der Waals surface area (Å²) in [7, 11) is 1.84. The second kappa shape index (κ2) is 7.36. The van der Waals surface area contributed by atoms with Crippen LogP contribution in [0.15, 0.2) is 72.9 Å². The monoisotopic (exact) mass is 295 g/mol. The van der Waals surface area contributed by atoms with Crippen molar-refractivity contribution < 1.29 is 0 Å². The molecule has 1 heterocycles. The molecule has 0 saturated carbocycles. The number of para-hydroxylation sites is 2. The smallest absolute Gasteiger partial charge is 0.170 e. The molecule has 3 rings (SSSR count). The van der Waals surface area contributed by atoms with Crippen LogP contribution < -0.4 is 10.6 Å². The van der Waals surface area contributed by atoms with Gasteiger partial charge in [-0.25, -0.2) is 0 Å². The van der Waals surface area contributed by atoms with E-state index in [9.17, 15) is 0 Å². The molecule has 0 bridgehead atoms. The molecule has 0 fully saturated rings. The zero-order valence-corrected chi connectivity index (χ0v) is 12.6. The Kier molecular flexibility index (Phi) is 5.23. The minimum Gasteiger partial charge on any atom is -0.376 e. The maximum Gasteiger partial charge on any atom is 0.170 e. The lowest BCUT2D eigenvalue weighted by molar-refractivity contribution is 1.27. The summed E-state index contributed by atoms with van der Waals surface area (Å²) < 4.78 is 0. The van der Waals surface area contributed by atoms with E-state index in [1.165, 1.54) is 5.39 Å². The summed E-state index contributed by atoms with van der Waals surface area (Å²) in [5, 5.41) is 1.58. The summed E-state index contributed by atoms with van der Waals surface area (Å²) >= 11 is 4.80. The van der Waals surface area contributed by atoms with Crippen molar-refractivity contribution in [1.29, 1.82) is 0 Å². The van der Waals surface area contributed by atoms with Gasteiger partial charge in [-0.3, -0.25) is 4.98 Å². The average molecular weight is 295 g/mol. The fourth-order valence-corrected chi connectivity index (χ4v) is 1.90. The number of pyridine rings is 1. The predicted molar refractivity (Wildman–Crippen MR) is 93.4 cm³/mol. The van der Waals surface area contributed by atoms with Gasteiger partial charge in [-0.1, -0.05) is 42.5 Å². The summed E-state index contributed by atoms with van der Waals surface area (Å²) in [4.78, 5) is 5.94. The Labute approximate surface area is 130 Å². The lowest BCUT2D eigenvalue weighted by Crippen LogP contribution is -2.31. The van der Waals surface area contributed by atoms with Gasteiger partial charge >= 0.3 is 0 Å². The van der Waals surface area contributed by atoms with Gasteiger partial charge in [0.15, 0.2) is 5.11 Å². The first kappa shape index (κ1) is 14.9. The standard InChI is InChI=1S/C9H7N.C8H10N2S/c1-2-6-9-8(4-1)5-3-7-10-9;1-10(8(9)11)7-5-3-2-4-6-7/h1-7H;2-6H,1H3,(H2,9,11). The second-order valence-corrected chi connectivity index (χ2v) is 4.85. The van der Waals surface area contributed by atoms with Gasteiger partial charge < -0.3 is 10.6 Å². The molecule has 1 aromatic heterocycles. The SMILES string of the molecule is CN(C(N)=S)c1ccccc1.c1ccc2ncccc2c1. The molecule has 0 saturated heterocycles. The minimum atomic E-state index is 0.385. The van der Waals surface area contributed by atoms with E-state index < -0.39 is 0 Å². The van der Waals surface area contributed by atoms with Gasteiger partial charge in [-0.05, 0) is 36.5 Å². The van der Waals surface area contributed by atoms with Crippen LogP contribution >= 0.6 is 12.2 Å². The van der Waals surface area contributed by atoms with Crippen LogP contribution in [0.1, 0.15) is 0 Å². The summed E-state index contributed by atoms with van der Waals surface area (Å²) in [6.07, 6.45) is 1.81. The fraction of sp³-hybridized carbons (Fsp3) is 0.0588. The summed E-state index contributed by atoms with van der Waals surface area (Å²) in [6, 6.07) is 21.9. The zero-order valence-electron chi connectivity index (χ0n) is 11.8. The third-order valence-corrected chi connectivity index (χ3v) is 3.26. The van der Waals surface area contributed by atoms with Crippen LogP contribution in [0.3, 0.4) is 0 Å². The predicted octanol–water partition coefficient (Wildman–Crippen LogP) is 3.60. The number of nitrogens with two attached hydrogens (primary N) is 1. The molecular weight excluding hydrogens is 278 g/mol. The molecule has 0 amide bonds. The molecule has 0 aliphatic carbocycles. The number of fused-ring (bicyclic) bond motifs is 1. The van der Waals surface area contributed by atoms with Crippen LogP contribution in [0.25, 0.3) is 10.9 Å². The van der Waals surface area contributed by atoms with E-state index in [4.69, 9.17) is 18.0 Å².